The van der Waals surface area contributed by atoms with E-state index in [9.17, 15) is 9.59 Å². The van der Waals surface area contributed by atoms with Gasteiger partial charge in [0, 0.05) is 24.4 Å². The van der Waals surface area contributed by atoms with Gasteiger partial charge in [-0.3, -0.25) is 9.59 Å². The molecule has 0 atom stereocenters. The molecule has 1 aliphatic rings. The van der Waals surface area contributed by atoms with Crippen molar-refractivity contribution in [1.82, 2.24) is 10.2 Å². The predicted octanol–water partition coefficient (Wildman–Crippen LogP) is 1.52. The largest absolute Gasteiger partial charge is 0.353 e. The number of rotatable bonds is 5. The highest BCUT2D eigenvalue weighted by Crippen LogP contribution is 2.18. The van der Waals surface area contributed by atoms with Crippen LogP contribution in [-0.2, 0) is 9.59 Å². The summed E-state index contributed by atoms with van der Waals surface area (Å²) in [6, 6.07) is 10.2. The number of carbonyl (C=O) groups excluding carboxylic acids is 2. The second kappa shape index (κ2) is 7.19. The molecular weight excluding hydrogens is 260 g/mol. The zero-order valence-electron chi connectivity index (χ0n) is 10.8. The van der Waals surface area contributed by atoms with Crippen molar-refractivity contribution in [3.8, 4) is 0 Å². The van der Waals surface area contributed by atoms with Crippen LogP contribution in [0.4, 0.5) is 0 Å². The maximum Gasteiger partial charge on any atom is 0.239 e. The lowest BCUT2D eigenvalue weighted by Gasteiger charge is -2.26. The van der Waals surface area contributed by atoms with Gasteiger partial charge in [-0.2, -0.15) is 0 Å². The summed E-state index contributed by atoms with van der Waals surface area (Å²) < 4.78 is 0. The highest BCUT2D eigenvalue weighted by atomic mass is 32.2. The lowest BCUT2D eigenvalue weighted by atomic mass is 10.2. The molecule has 2 amide bonds. The molecular formula is C14H18N2O2S. The van der Waals surface area contributed by atoms with Gasteiger partial charge < -0.3 is 10.2 Å². The molecule has 0 aliphatic carbocycles. The summed E-state index contributed by atoms with van der Waals surface area (Å²) in [7, 11) is 0. The van der Waals surface area contributed by atoms with E-state index in [2.05, 4.69) is 17.4 Å². The summed E-state index contributed by atoms with van der Waals surface area (Å²) in [4.78, 5) is 25.9. The van der Waals surface area contributed by atoms with Gasteiger partial charge >= 0.3 is 0 Å². The third-order valence-corrected chi connectivity index (χ3v) is 4.04. The molecule has 0 bridgehead atoms. The molecule has 5 heteroatoms. The Labute approximate surface area is 117 Å². The molecule has 1 heterocycles. The maximum atomic E-state index is 11.9. The standard InChI is InChI=1S/C14H18N2O2S/c17-13-11-16(9-8-15-13)14(18)7-4-10-19-12-5-2-1-3-6-12/h1-3,5-6H,4,7-11H2,(H,15,17). The Hall–Kier alpha value is -1.49. The first-order chi connectivity index (χ1) is 9.25. The van der Waals surface area contributed by atoms with Crippen LogP contribution in [0, 0.1) is 0 Å². The summed E-state index contributed by atoms with van der Waals surface area (Å²) in [5.74, 6) is 0.956. The summed E-state index contributed by atoms with van der Waals surface area (Å²) in [6.45, 7) is 1.42. The molecule has 2 rings (SSSR count). The Morgan fingerprint density at radius 3 is 2.84 bits per heavy atom. The van der Waals surface area contributed by atoms with E-state index in [0.29, 0.717) is 19.5 Å². The topological polar surface area (TPSA) is 49.4 Å². The zero-order valence-corrected chi connectivity index (χ0v) is 11.6. The smallest absolute Gasteiger partial charge is 0.239 e. The zero-order chi connectivity index (χ0) is 13.5. The highest BCUT2D eigenvalue weighted by Gasteiger charge is 2.20. The van der Waals surface area contributed by atoms with Crippen LogP contribution in [0.2, 0.25) is 0 Å². The van der Waals surface area contributed by atoms with Crippen molar-refractivity contribution < 1.29 is 9.59 Å². The Morgan fingerprint density at radius 1 is 1.32 bits per heavy atom. The Bertz CT molecular complexity index is 436. The molecule has 1 saturated heterocycles. The van der Waals surface area contributed by atoms with Gasteiger partial charge in [0.05, 0.1) is 6.54 Å². The number of benzene rings is 1. The summed E-state index contributed by atoms with van der Waals surface area (Å²) in [5.41, 5.74) is 0. The molecule has 1 aromatic carbocycles. The number of nitrogens with one attached hydrogen (secondary N) is 1. The number of carbonyl (C=O) groups is 2. The fourth-order valence-corrected chi connectivity index (χ4v) is 2.81. The van der Waals surface area contributed by atoms with Crippen molar-refractivity contribution in [2.75, 3.05) is 25.4 Å². The minimum absolute atomic E-state index is 0.0572. The summed E-state index contributed by atoms with van der Waals surface area (Å²) in [5, 5.41) is 2.72. The van der Waals surface area contributed by atoms with E-state index in [1.807, 2.05) is 18.2 Å². The van der Waals surface area contributed by atoms with Gasteiger partial charge in [-0.15, -0.1) is 11.8 Å². The predicted molar refractivity (Wildman–Crippen MR) is 76.0 cm³/mol. The van der Waals surface area contributed by atoms with E-state index in [0.717, 1.165) is 12.2 Å². The van der Waals surface area contributed by atoms with E-state index in [1.165, 1.54) is 4.90 Å². The Morgan fingerprint density at radius 2 is 2.11 bits per heavy atom. The number of hydrogen-bond acceptors (Lipinski definition) is 3. The third-order valence-electron chi connectivity index (χ3n) is 2.94. The molecule has 1 aromatic rings. The normalized spacial score (nSPS) is 15.2. The molecule has 1 aliphatic heterocycles. The Balaban J connectivity index is 1.65. The second-order valence-electron chi connectivity index (χ2n) is 4.43. The molecule has 0 saturated carbocycles. The van der Waals surface area contributed by atoms with Crippen molar-refractivity contribution in [3.05, 3.63) is 30.3 Å². The van der Waals surface area contributed by atoms with Gasteiger partial charge in [-0.25, -0.2) is 0 Å². The number of piperazine rings is 1. The van der Waals surface area contributed by atoms with Crippen molar-refractivity contribution in [1.29, 1.82) is 0 Å². The maximum absolute atomic E-state index is 11.9. The molecule has 102 valence electrons. The molecule has 0 aromatic heterocycles. The quantitative estimate of drug-likeness (QED) is 0.656. The van der Waals surface area contributed by atoms with Gasteiger partial charge in [0.25, 0.3) is 0 Å². The van der Waals surface area contributed by atoms with Crippen LogP contribution in [0.1, 0.15) is 12.8 Å². The van der Waals surface area contributed by atoms with Crippen molar-refractivity contribution in [2.45, 2.75) is 17.7 Å². The van der Waals surface area contributed by atoms with E-state index in [4.69, 9.17) is 0 Å². The number of hydrogen-bond donors (Lipinski definition) is 1. The highest BCUT2D eigenvalue weighted by molar-refractivity contribution is 7.99. The van der Waals surface area contributed by atoms with Gasteiger partial charge in [0.1, 0.15) is 0 Å². The summed E-state index contributed by atoms with van der Waals surface area (Å²) >= 11 is 1.76. The van der Waals surface area contributed by atoms with Crippen LogP contribution in [-0.4, -0.2) is 42.1 Å². The fraction of sp³-hybridized carbons (Fsp3) is 0.429. The van der Waals surface area contributed by atoms with E-state index in [1.54, 1.807) is 16.7 Å². The van der Waals surface area contributed by atoms with Crippen LogP contribution in [0.5, 0.6) is 0 Å². The van der Waals surface area contributed by atoms with Gasteiger partial charge in [0.15, 0.2) is 0 Å². The van der Waals surface area contributed by atoms with Crippen molar-refractivity contribution in [2.24, 2.45) is 0 Å². The first-order valence-electron chi connectivity index (χ1n) is 6.48. The van der Waals surface area contributed by atoms with Crippen LogP contribution >= 0.6 is 11.8 Å². The molecule has 19 heavy (non-hydrogen) atoms. The summed E-state index contributed by atoms with van der Waals surface area (Å²) in [6.07, 6.45) is 1.36. The average Bonchev–Trinajstić information content (AvgIpc) is 2.44. The molecule has 1 N–H and O–H groups in total. The fourth-order valence-electron chi connectivity index (χ4n) is 1.94. The minimum atomic E-state index is -0.0572. The average molecular weight is 278 g/mol. The van der Waals surface area contributed by atoms with E-state index >= 15 is 0 Å². The van der Waals surface area contributed by atoms with Crippen LogP contribution < -0.4 is 5.32 Å². The van der Waals surface area contributed by atoms with E-state index < -0.39 is 0 Å². The molecule has 0 radical (unpaired) electrons. The molecule has 0 unspecified atom stereocenters. The first-order valence-corrected chi connectivity index (χ1v) is 7.46. The lowest BCUT2D eigenvalue weighted by Crippen LogP contribution is -2.49. The van der Waals surface area contributed by atoms with Gasteiger partial charge in [-0.05, 0) is 24.3 Å². The van der Waals surface area contributed by atoms with Crippen LogP contribution in [0.15, 0.2) is 35.2 Å². The molecule has 1 fully saturated rings. The van der Waals surface area contributed by atoms with Crippen molar-refractivity contribution in [3.63, 3.8) is 0 Å². The second-order valence-corrected chi connectivity index (χ2v) is 5.60. The monoisotopic (exact) mass is 278 g/mol. The lowest BCUT2D eigenvalue weighted by molar-refractivity contribution is -0.138. The Kier molecular flexibility index (Phi) is 5.27. The van der Waals surface area contributed by atoms with Crippen LogP contribution in [0.25, 0.3) is 0 Å². The number of nitrogens with zero attached hydrogens (tertiary/aromatic N) is 1. The van der Waals surface area contributed by atoms with Gasteiger partial charge in [-0.1, -0.05) is 18.2 Å². The number of amides is 2. The molecule has 4 nitrogen and oxygen atoms in total. The third kappa shape index (κ3) is 4.59. The van der Waals surface area contributed by atoms with Crippen molar-refractivity contribution >= 4 is 23.6 Å². The first kappa shape index (κ1) is 13.9. The SMILES string of the molecule is O=C1CN(C(=O)CCCSc2ccccc2)CCN1. The van der Waals surface area contributed by atoms with Gasteiger partial charge in [0.2, 0.25) is 11.8 Å². The molecule has 0 spiro atoms. The number of thioether (sulfide) groups is 1. The minimum Gasteiger partial charge on any atom is -0.353 e. The van der Waals surface area contributed by atoms with E-state index in [-0.39, 0.29) is 18.4 Å². The van der Waals surface area contributed by atoms with Crippen LogP contribution in [0.3, 0.4) is 0 Å².